The number of hydrogen-bond acceptors (Lipinski definition) is 1. The van der Waals surface area contributed by atoms with E-state index < -0.39 is 0 Å². The summed E-state index contributed by atoms with van der Waals surface area (Å²) in [7, 11) is 0. The Labute approximate surface area is 414 Å². The van der Waals surface area contributed by atoms with Crippen LogP contribution in [0.3, 0.4) is 0 Å². The van der Waals surface area contributed by atoms with Crippen molar-refractivity contribution < 1.29 is 0 Å². The van der Waals surface area contributed by atoms with Crippen LogP contribution in [0, 0.1) is 35.5 Å². The Morgan fingerprint density at radius 1 is 0.426 bits per heavy atom. The molecule has 1 heterocycles. The standard InChI is InChI=1S/C18H24.C18H22.C18H20.C13H19N/c3*1-13(2)5-6-15-7-8-18-12-16(14(3)4)9-10-17(18)11-15;1-10(2)5-6-12-7-8-13(11(3)4)14-9-12/h7-14H,5-6H2,1-4H3;5-14H,1-4H3;7-14H,1-4H3;5-11H,1-4H3/b;6-5+;;6-5+. The first-order valence-corrected chi connectivity index (χ1v) is 25.7. The normalized spacial score (nSPS) is 11.6. The van der Waals surface area contributed by atoms with Gasteiger partial charge in [0.05, 0.1) is 0 Å². The molecule has 0 aliphatic rings. The molecule has 0 saturated heterocycles. The predicted molar refractivity (Wildman–Crippen MR) is 305 cm³/mol. The van der Waals surface area contributed by atoms with E-state index in [-0.39, 0.29) is 0 Å². The summed E-state index contributed by atoms with van der Waals surface area (Å²) in [6.07, 6.45) is 13.2. The highest BCUT2D eigenvalue weighted by molar-refractivity contribution is 5.86. The lowest BCUT2D eigenvalue weighted by Gasteiger charge is -2.09. The number of benzene rings is 6. The van der Waals surface area contributed by atoms with E-state index in [0.29, 0.717) is 41.4 Å². The molecule has 1 aromatic heterocycles. The molecule has 0 radical (unpaired) electrons. The van der Waals surface area contributed by atoms with Crippen molar-refractivity contribution >= 4 is 44.5 Å². The zero-order valence-corrected chi connectivity index (χ0v) is 44.9. The SMILES string of the molecule is CC(C)/C=C/c1ccc(C(C)C)nc1.CC(C)/C=C/c1ccc2cc(C(C)C)ccc2c1.CC(C)C#Cc1ccc2cc(C(C)C)ccc2c1.CC(C)CCc1ccc2cc(C(C)C)ccc2c1. The second-order valence-electron chi connectivity index (χ2n) is 21.3. The topological polar surface area (TPSA) is 12.9 Å². The Balaban J connectivity index is 0.000000199. The van der Waals surface area contributed by atoms with Crippen LogP contribution in [-0.4, -0.2) is 4.98 Å². The van der Waals surface area contributed by atoms with E-state index in [1.165, 1.54) is 78.5 Å². The van der Waals surface area contributed by atoms with E-state index in [0.717, 1.165) is 17.2 Å². The minimum Gasteiger partial charge on any atom is -0.260 e. The molecule has 1 nitrogen and oxygen atoms in total. The lowest BCUT2D eigenvalue weighted by molar-refractivity contribution is 0.587. The average molecular weight is 904 g/mol. The van der Waals surface area contributed by atoms with E-state index in [1.807, 2.05) is 6.20 Å². The monoisotopic (exact) mass is 904 g/mol. The van der Waals surface area contributed by atoms with Gasteiger partial charge >= 0.3 is 0 Å². The molecule has 7 rings (SSSR count). The zero-order chi connectivity index (χ0) is 49.9. The van der Waals surface area contributed by atoms with Crippen molar-refractivity contribution in [2.24, 2.45) is 23.7 Å². The van der Waals surface area contributed by atoms with Gasteiger partial charge in [0.25, 0.3) is 0 Å². The van der Waals surface area contributed by atoms with Crippen LogP contribution >= 0.6 is 0 Å². The molecule has 0 fully saturated rings. The van der Waals surface area contributed by atoms with Gasteiger partial charge in [-0.05, 0) is 144 Å². The van der Waals surface area contributed by atoms with Gasteiger partial charge < -0.3 is 0 Å². The highest BCUT2D eigenvalue weighted by Gasteiger charge is 2.05. The number of aryl methyl sites for hydroxylation is 1. The summed E-state index contributed by atoms with van der Waals surface area (Å²) < 4.78 is 0. The number of fused-ring (bicyclic) bond motifs is 3. The van der Waals surface area contributed by atoms with Crippen LogP contribution in [0.25, 0.3) is 44.5 Å². The number of hydrogen-bond donors (Lipinski definition) is 0. The van der Waals surface area contributed by atoms with Gasteiger partial charge in [0, 0.05) is 23.4 Å². The smallest absolute Gasteiger partial charge is 0.0429 e. The number of allylic oxidation sites excluding steroid dienone is 2. The molecule has 0 atom stereocenters. The van der Waals surface area contributed by atoms with E-state index >= 15 is 0 Å². The van der Waals surface area contributed by atoms with Crippen molar-refractivity contribution in [2.75, 3.05) is 0 Å². The Morgan fingerprint density at radius 3 is 1.32 bits per heavy atom. The highest BCUT2D eigenvalue weighted by atomic mass is 14.7. The summed E-state index contributed by atoms with van der Waals surface area (Å²) in [4.78, 5) is 4.40. The summed E-state index contributed by atoms with van der Waals surface area (Å²) >= 11 is 0. The van der Waals surface area contributed by atoms with Crippen molar-refractivity contribution in [2.45, 2.75) is 147 Å². The minimum absolute atomic E-state index is 0.420. The van der Waals surface area contributed by atoms with Crippen molar-refractivity contribution in [1.29, 1.82) is 0 Å². The summed E-state index contributed by atoms with van der Waals surface area (Å²) in [5, 5.41) is 7.98. The van der Waals surface area contributed by atoms with Crippen LogP contribution in [0.15, 0.2) is 140 Å². The molecule has 0 saturated carbocycles. The van der Waals surface area contributed by atoms with Crippen molar-refractivity contribution in [1.82, 2.24) is 4.98 Å². The molecular formula is C67H85N. The fourth-order valence-corrected chi connectivity index (χ4v) is 7.42. The van der Waals surface area contributed by atoms with Gasteiger partial charge in [0.1, 0.15) is 0 Å². The molecule has 0 aliphatic heterocycles. The molecule has 0 N–H and O–H groups in total. The summed E-state index contributed by atoms with van der Waals surface area (Å²) in [5.41, 5.74) is 10.4. The second-order valence-corrected chi connectivity index (χ2v) is 21.3. The van der Waals surface area contributed by atoms with Gasteiger partial charge in [-0.3, -0.25) is 4.98 Å². The van der Waals surface area contributed by atoms with Crippen molar-refractivity contribution in [3.8, 4) is 11.8 Å². The molecule has 7 aromatic rings. The third-order valence-electron chi connectivity index (χ3n) is 11.9. The second kappa shape index (κ2) is 27.3. The van der Waals surface area contributed by atoms with Gasteiger partial charge in [0.15, 0.2) is 0 Å². The van der Waals surface area contributed by atoms with Gasteiger partial charge in [-0.2, -0.15) is 0 Å². The highest BCUT2D eigenvalue weighted by Crippen LogP contribution is 2.26. The van der Waals surface area contributed by atoms with Crippen LogP contribution < -0.4 is 0 Å². The van der Waals surface area contributed by atoms with Crippen LogP contribution in [0.1, 0.15) is 186 Å². The maximum atomic E-state index is 4.40. The molecule has 68 heavy (non-hydrogen) atoms. The zero-order valence-electron chi connectivity index (χ0n) is 44.9. The van der Waals surface area contributed by atoms with Gasteiger partial charge in [-0.15, -0.1) is 0 Å². The molecule has 0 amide bonds. The van der Waals surface area contributed by atoms with E-state index in [1.54, 1.807) is 0 Å². The van der Waals surface area contributed by atoms with E-state index in [2.05, 4.69) is 273 Å². The van der Waals surface area contributed by atoms with Crippen LogP contribution in [0.2, 0.25) is 0 Å². The maximum Gasteiger partial charge on any atom is 0.0429 e. The quantitative estimate of drug-likeness (QED) is 0.118. The fraction of sp³-hybridized carbons (Fsp3) is 0.388. The first-order chi connectivity index (χ1) is 32.3. The van der Waals surface area contributed by atoms with Crippen LogP contribution in [0.5, 0.6) is 0 Å². The maximum absolute atomic E-state index is 4.40. The first kappa shape index (κ1) is 54.9. The van der Waals surface area contributed by atoms with Gasteiger partial charge in [0.2, 0.25) is 0 Å². The molecule has 0 bridgehead atoms. The summed E-state index contributed by atoms with van der Waals surface area (Å²) in [5.74, 6) is 11.1. The number of aromatic nitrogens is 1. The number of pyridine rings is 1. The van der Waals surface area contributed by atoms with E-state index in [9.17, 15) is 0 Å². The molecule has 1 heteroatoms. The molecule has 358 valence electrons. The predicted octanol–water partition coefficient (Wildman–Crippen LogP) is 20.0. The van der Waals surface area contributed by atoms with E-state index in [4.69, 9.17) is 0 Å². The molecule has 0 spiro atoms. The largest absolute Gasteiger partial charge is 0.260 e. The molecular weight excluding hydrogens is 819 g/mol. The molecule has 0 unspecified atom stereocenters. The van der Waals surface area contributed by atoms with Gasteiger partial charge in [-0.25, -0.2) is 0 Å². The third-order valence-corrected chi connectivity index (χ3v) is 11.9. The Kier molecular flexibility index (Phi) is 22.1. The van der Waals surface area contributed by atoms with Gasteiger partial charge in [-0.1, -0.05) is 244 Å². The Hall–Kier alpha value is -5.71. The minimum atomic E-state index is 0.420. The van der Waals surface area contributed by atoms with Crippen molar-refractivity contribution in [3.63, 3.8) is 0 Å². The third kappa shape index (κ3) is 18.8. The van der Waals surface area contributed by atoms with Crippen LogP contribution in [-0.2, 0) is 6.42 Å². The summed E-state index contributed by atoms with van der Waals surface area (Å²) in [6.45, 7) is 35.3. The number of nitrogens with zero attached hydrogens (tertiary/aromatic N) is 1. The molecule has 6 aromatic carbocycles. The lowest BCUT2D eigenvalue weighted by atomic mass is 9.96. The summed E-state index contributed by atoms with van der Waals surface area (Å²) in [6, 6.07) is 44.6. The first-order valence-electron chi connectivity index (χ1n) is 25.7. The van der Waals surface area contributed by atoms with Crippen LogP contribution in [0.4, 0.5) is 0 Å². The lowest BCUT2D eigenvalue weighted by Crippen LogP contribution is -1.92. The average Bonchev–Trinajstić information content (AvgIpc) is 3.31. The Morgan fingerprint density at radius 2 is 0.868 bits per heavy atom. The molecule has 0 aliphatic carbocycles. The van der Waals surface area contributed by atoms with Crippen molar-refractivity contribution in [3.05, 3.63) is 184 Å². The Bertz CT molecular complexity index is 2740. The number of rotatable bonds is 11. The fourth-order valence-electron chi connectivity index (χ4n) is 7.42.